The van der Waals surface area contributed by atoms with Gasteiger partial charge in [-0.2, -0.15) is 5.26 Å². The van der Waals surface area contributed by atoms with Crippen molar-refractivity contribution in [2.24, 2.45) is 4.99 Å². The largest absolute Gasteiger partial charge is 0.382 e. The minimum absolute atomic E-state index is 0.126. The summed E-state index contributed by atoms with van der Waals surface area (Å²) in [6.45, 7) is 11.5. The molecular formula is C20H22N8. The molecule has 3 N–H and O–H groups in total. The SMILES string of the molecule is C=C/C=C\c1c(C)nc(CNc2ncnc(N)c2C#N)n1/C(C=NC=C)=C/C. The quantitative estimate of drug-likeness (QED) is 0.540. The van der Waals surface area contributed by atoms with E-state index in [0.717, 1.165) is 17.1 Å². The number of aliphatic imine (C=N–C) groups is 1. The highest BCUT2D eigenvalue weighted by Gasteiger charge is 2.16. The van der Waals surface area contributed by atoms with Gasteiger partial charge in [-0.05, 0) is 19.9 Å². The molecule has 0 aliphatic heterocycles. The minimum atomic E-state index is 0.126. The number of hydrogen-bond acceptors (Lipinski definition) is 7. The number of allylic oxidation sites excluding steroid dienone is 4. The maximum atomic E-state index is 9.29. The zero-order valence-corrected chi connectivity index (χ0v) is 15.9. The number of nitrogen functional groups attached to an aromatic ring is 1. The molecule has 0 aliphatic carbocycles. The summed E-state index contributed by atoms with van der Waals surface area (Å²) in [4.78, 5) is 16.7. The van der Waals surface area contributed by atoms with Crippen LogP contribution in [0, 0.1) is 18.3 Å². The van der Waals surface area contributed by atoms with Crippen molar-refractivity contribution in [1.82, 2.24) is 19.5 Å². The molecule has 2 heterocycles. The number of rotatable bonds is 8. The van der Waals surface area contributed by atoms with E-state index in [4.69, 9.17) is 5.73 Å². The Morgan fingerprint density at radius 3 is 2.86 bits per heavy atom. The number of aromatic nitrogens is 4. The predicted molar refractivity (Wildman–Crippen MR) is 113 cm³/mol. The van der Waals surface area contributed by atoms with Gasteiger partial charge in [0.15, 0.2) is 0 Å². The van der Waals surface area contributed by atoms with Crippen molar-refractivity contribution in [1.29, 1.82) is 5.26 Å². The van der Waals surface area contributed by atoms with Crippen LogP contribution >= 0.6 is 0 Å². The van der Waals surface area contributed by atoms with E-state index in [9.17, 15) is 5.26 Å². The number of nitrogens with one attached hydrogen (secondary N) is 1. The lowest BCUT2D eigenvalue weighted by Gasteiger charge is -2.12. The Balaban J connectivity index is 2.50. The first-order chi connectivity index (χ1) is 13.6. The Morgan fingerprint density at radius 1 is 1.43 bits per heavy atom. The van der Waals surface area contributed by atoms with Crippen LogP contribution in [0.3, 0.4) is 0 Å². The summed E-state index contributed by atoms with van der Waals surface area (Å²) < 4.78 is 1.96. The molecule has 0 spiro atoms. The summed E-state index contributed by atoms with van der Waals surface area (Å²) in [6.07, 6.45) is 11.9. The van der Waals surface area contributed by atoms with E-state index in [1.807, 2.05) is 42.7 Å². The molecule has 28 heavy (non-hydrogen) atoms. The highest BCUT2D eigenvalue weighted by Crippen LogP contribution is 2.21. The molecule has 2 aromatic heterocycles. The van der Waals surface area contributed by atoms with Crippen molar-refractivity contribution >= 4 is 29.6 Å². The van der Waals surface area contributed by atoms with Crippen LogP contribution in [0.25, 0.3) is 11.8 Å². The summed E-state index contributed by atoms with van der Waals surface area (Å²) in [7, 11) is 0. The number of hydrogen-bond donors (Lipinski definition) is 2. The second-order valence-electron chi connectivity index (χ2n) is 5.55. The van der Waals surface area contributed by atoms with Crippen molar-refractivity contribution in [3.05, 3.63) is 66.7 Å². The number of imidazole rings is 1. The van der Waals surface area contributed by atoms with E-state index in [0.29, 0.717) is 18.2 Å². The molecule has 8 nitrogen and oxygen atoms in total. The Kier molecular flexibility index (Phi) is 6.99. The van der Waals surface area contributed by atoms with Crippen molar-refractivity contribution in [3.8, 4) is 6.07 Å². The third kappa shape index (κ3) is 4.40. The monoisotopic (exact) mass is 374 g/mol. The molecule has 0 saturated heterocycles. The second kappa shape index (κ2) is 9.64. The van der Waals surface area contributed by atoms with Crippen LogP contribution in [0.5, 0.6) is 0 Å². The molecule has 0 unspecified atom stereocenters. The zero-order chi connectivity index (χ0) is 20.5. The lowest BCUT2D eigenvalue weighted by atomic mass is 10.3. The van der Waals surface area contributed by atoms with E-state index in [1.54, 1.807) is 12.3 Å². The molecule has 0 fully saturated rings. The van der Waals surface area contributed by atoms with Gasteiger partial charge in [-0.1, -0.05) is 31.4 Å². The molecular weight excluding hydrogens is 352 g/mol. The van der Waals surface area contributed by atoms with Crippen LogP contribution in [-0.2, 0) is 6.54 Å². The Labute approximate surface area is 164 Å². The molecule has 0 amide bonds. The fourth-order valence-corrected chi connectivity index (χ4v) is 2.56. The maximum Gasteiger partial charge on any atom is 0.149 e. The van der Waals surface area contributed by atoms with Gasteiger partial charge in [-0.15, -0.1) is 0 Å². The summed E-state index contributed by atoms with van der Waals surface area (Å²) in [5.41, 5.74) is 8.50. The maximum absolute atomic E-state index is 9.29. The molecule has 2 rings (SSSR count). The van der Waals surface area contributed by atoms with Gasteiger partial charge in [0.25, 0.3) is 0 Å². The van der Waals surface area contributed by atoms with Gasteiger partial charge in [0.05, 0.1) is 29.8 Å². The molecule has 0 aromatic carbocycles. The first-order valence-corrected chi connectivity index (χ1v) is 8.49. The first-order valence-electron chi connectivity index (χ1n) is 8.49. The fourth-order valence-electron chi connectivity index (χ4n) is 2.56. The van der Waals surface area contributed by atoms with Gasteiger partial charge in [0.1, 0.15) is 35.4 Å². The minimum Gasteiger partial charge on any atom is -0.382 e. The first kappa shape index (κ1) is 20.3. The normalized spacial score (nSPS) is 11.7. The van der Waals surface area contributed by atoms with E-state index in [-0.39, 0.29) is 11.4 Å². The number of anilines is 2. The lowest BCUT2D eigenvalue weighted by molar-refractivity contribution is 0.908. The highest BCUT2D eigenvalue weighted by atomic mass is 15.1. The lowest BCUT2D eigenvalue weighted by Crippen LogP contribution is -2.12. The summed E-state index contributed by atoms with van der Waals surface area (Å²) in [5.74, 6) is 1.19. The van der Waals surface area contributed by atoms with Crippen LogP contribution < -0.4 is 11.1 Å². The van der Waals surface area contributed by atoms with Gasteiger partial charge in [-0.25, -0.2) is 15.0 Å². The van der Waals surface area contributed by atoms with E-state index in [1.165, 1.54) is 12.5 Å². The molecule has 2 aromatic rings. The average molecular weight is 374 g/mol. The highest BCUT2D eigenvalue weighted by molar-refractivity contribution is 6.03. The van der Waals surface area contributed by atoms with Crippen LogP contribution in [0.1, 0.15) is 29.7 Å². The van der Waals surface area contributed by atoms with Crippen LogP contribution in [-0.4, -0.2) is 25.7 Å². The number of nitrogens with zero attached hydrogens (tertiary/aromatic N) is 6. The Bertz CT molecular complexity index is 1000. The van der Waals surface area contributed by atoms with Gasteiger partial charge in [-0.3, -0.25) is 9.56 Å². The fraction of sp³-hybridized carbons (Fsp3) is 0.150. The number of nitrogens with two attached hydrogens (primary N) is 1. The topological polar surface area (TPSA) is 118 Å². The average Bonchev–Trinajstić information content (AvgIpc) is 3.00. The molecule has 0 radical (unpaired) electrons. The third-order valence-corrected chi connectivity index (χ3v) is 3.83. The Morgan fingerprint density at radius 2 is 2.21 bits per heavy atom. The predicted octanol–water partition coefficient (Wildman–Crippen LogP) is 3.32. The van der Waals surface area contributed by atoms with Crippen molar-refractivity contribution in [2.45, 2.75) is 20.4 Å². The van der Waals surface area contributed by atoms with Crippen LogP contribution in [0.15, 0.2) is 48.9 Å². The van der Waals surface area contributed by atoms with Crippen molar-refractivity contribution in [2.75, 3.05) is 11.1 Å². The van der Waals surface area contributed by atoms with Gasteiger partial charge >= 0.3 is 0 Å². The molecule has 142 valence electrons. The zero-order valence-electron chi connectivity index (χ0n) is 15.9. The molecule has 8 heteroatoms. The summed E-state index contributed by atoms with van der Waals surface area (Å²) in [6, 6.07) is 2.02. The van der Waals surface area contributed by atoms with Crippen molar-refractivity contribution in [3.63, 3.8) is 0 Å². The molecule has 0 bridgehead atoms. The smallest absolute Gasteiger partial charge is 0.149 e. The number of aryl methyl sites for hydroxylation is 1. The molecule has 0 saturated carbocycles. The van der Waals surface area contributed by atoms with Gasteiger partial charge in [0.2, 0.25) is 0 Å². The summed E-state index contributed by atoms with van der Waals surface area (Å²) in [5, 5.41) is 12.4. The molecule has 0 aliphatic rings. The van der Waals surface area contributed by atoms with Crippen LogP contribution in [0.2, 0.25) is 0 Å². The summed E-state index contributed by atoms with van der Waals surface area (Å²) >= 11 is 0. The van der Waals surface area contributed by atoms with E-state index < -0.39 is 0 Å². The van der Waals surface area contributed by atoms with E-state index in [2.05, 4.69) is 38.4 Å². The Hall–Kier alpha value is -3.99. The van der Waals surface area contributed by atoms with E-state index >= 15 is 0 Å². The standard InChI is InChI=1S/C20H22N8/c1-5-8-9-17-14(4)27-18(28(17)15(6-2)11-23-7-3)12-24-20-16(10-21)19(22)25-13-26-20/h5-9,11,13H,1,3,12H2,2,4H3,(H3,22,24,25,26)/b9-8-,15-6+,23-11?. The number of nitriles is 1. The van der Waals surface area contributed by atoms with Crippen LogP contribution in [0.4, 0.5) is 11.6 Å². The van der Waals surface area contributed by atoms with Gasteiger partial charge in [0, 0.05) is 6.20 Å². The second-order valence-corrected chi connectivity index (χ2v) is 5.55. The third-order valence-electron chi connectivity index (χ3n) is 3.83. The van der Waals surface area contributed by atoms with Crippen molar-refractivity contribution < 1.29 is 0 Å². The van der Waals surface area contributed by atoms with Gasteiger partial charge < -0.3 is 11.1 Å². The molecule has 0 atom stereocenters.